The fourth-order valence-corrected chi connectivity index (χ4v) is 15.5. The van der Waals surface area contributed by atoms with Gasteiger partial charge < -0.3 is 18.9 Å². The predicted molar refractivity (Wildman–Crippen MR) is 396 cm³/mol. The van der Waals surface area contributed by atoms with E-state index in [1.165, 1.54) is 147 Å². The van der Waals surface area contributed by atoms with Crippen LogP contribution in [0.15, 0.2) is 97.1 Å². The van der Waals surface area contributed by atoms with E-state index in [4.69, 9.17) is 18.9 Å². The maximum Gasteiger partial charge on any atom is 0.305 e. The van der Waals surface area contributed by atoms with Crippen molar-refractivity contribution in [2.45, 2.75) is 298 Å². The summed E-state index contributed by atoms with van der Waals surface area (Å²) in [5.41, 5.74) is 7.32. The van der Waals surface area contributed by atoms with Crippen LogP contribution in [0.2, 0.25) is 0 Å². The van der Waals surface area contributed by atoms with Gasteiger partial charge >= 0.3 is 11.9 Å². The topological polar surface area (TPSA) is 71.1 Å². The van der Waals surface area contributed by atoms with Crippen LogP contribution in [0.1, 0.15) is 315 Å². The van der Waals surface area contributed by atoms with Crippen LogP contribution in [-0.4, -0.2) is 38.4 Å². The molecule has 0 N–H and O–H groups in total. The van der Waals surface area contributed by atoms with Gasteiger partial charge in [-0.25, -0.2) is 0 Å². The van der Waals surface area contributed by atoms with E-state index in [0.29, 0.717) is 37.9 Å². The number of fused-ring (bicyclic) bond motifs is 8. The van der Waals surface area contributed by atoms with Crippen molar-refractivity contribution in [2.75, 3.05) is 26.4 Å². The minimum Gasteiger partial charge on any atom is -0.494 e. The van der Waals surface area contributed by atoms with Gasteiger partial charge in [0.15, 0.2) is 0 Å². The molecule has 0 saturated heterocycles. The fourth-order valence-electron chi connectivity index (χ4n) is 15.5. The summed E-state index contributed by atoms with van der Waals surface area (Å²) >= 11 is 0. The maximum absolute atomic E-state index is 11.0. The summed E-state index contributed by atoms with van der Waals surface area (Å²) in [5.74, 6) is 11.6. The minimum atomic E-state index is -0.389. The average Bonchev–Trinajstić information content (AvgIpc) is 1.56. The highest BCUT2D eigenvalue weighted by atomic mass is 16.5. The molecule has 6 nitrogen and oxygen atoms in total. The quantitative estimate of drug-likeness (QED) is 0.0814. The number of benzene rings is 4. The van der Waals surface area contributed by atoms with Gasteiger partial charge in [-0.05, 0) is 194 Å². The first-order chi connectivity index (χ1) is 42.4. The van der Waals surface area contributed by atoms with Crippen LogP contribution in [-0.2, 0) is 24.5 Å². The molecule has 0 heterocycles. The number of carbonyl (C=O) groups excluding carboxylic acids is 2. The van der Waals surface area contributed by atoms with E-state index >= 15 is 0 Å². The third kappa shape index (κ3) is 25.6. The Morgan fingerprint density at radius 2 is 0.714 bits per heavy atom. The van der Waals surface area contributed by atoms with Crippen LogP contribution < -0.4 is 9.47 Å². The highest BCUT2D eigenvalue weighted by Gasteiger charge is 2.49. The highest BCUT2D eigenvalue weighted by Crippen LogP contribution is 2.59. The lowest BCUT2D eigenvalue weighted by Gasteiger charge is -2.34. The summed E-state index contributed by atoms with van der Waals surface area (Å²) in [6.45, 7) is 28.3. The molecule has 0 amide bonds. The largest absolute Gasteiger partial charge is 0.494 e. The standard InChI is InChI=1S/C31H30O2.C14H24O4.C10H16.2C10H20.2C3H8.4CH4/c1-3-21-32-25-17-13-23(14-18-25)31(24-15-19-26(20-16-24)33-22-4-2)29-11-7-5-9-27(29)28-10-6-8-12-30(28)31;1-3-13(15)17-9-11-5-7-12(8-6-11)10-18-14(16)4-2;1-2-9-7-4-5-8(6-7)10(9)3-1;1-3-9-5-7-10(4-2)8-6-9;1-3-9-6-5-7-10(4-2)8-9;2*1-3-2;;;;/h5-20H,3-4,21-22H2,1-2H3;11-12H,3-10H2,1-2H3;7-10H,1-6H2;2*9-10H,3-8H2,1-2H3;2*3H2,1-2H3;4*1H4. The van der Waals surface area contributed by atoms with Gasteiger partial charge in [-0.3, -0.25) is 9.59 Å². The van der Waals surface area contributed by atoms with E-state index in [1.54, 1.807) is 52.4 Å². The van der Waals surface area contributed by atoms with Gasteiger partial charge in [0.1, 0.15) is 11.5 Å². The Morgan fingerprint density at radius 1 is 0.385 bits per heavy atom. The highest BCUT2D eigenvalue weighted by molar-refractivity contribution is 5.86. The van der Waals surface area contributed by atoms with Crippen molar-refractivity contribution in [3.05, 3.63) is 119 Å². The molecule has 7 aliphatic rings. The van der Waals surface area contributed by atoms with Crippen molar-refractivity contribution in [1.29, 1.82) is 0 Å². The van der Waals surface area contributed by atoms with Gasteiger partial charge in [0.05, 0.1) is 31.8 Å². The summed E-state index contributed by atoms with van der Waals surface area (Å²) < 4.78 is 22.1. The SMILES string of the molecule is C.C.C.C.C1CC2C3CCC(C3)C2C1.CCC.CCC.CCC(=O)OCC1CCC(COC(=O)CC)CC1.CCC1CCC(CC)CC1.CCC1CCCC(CC)C1.CCCOc1ccc(C2(c3ccc(OCCC)cc3)c3ccccc3-c3ccccc32)cc1. The van der Waals surface area contributed by atoms with Crippen molar-refractivity contribution in [3.63, 3.8) is 0 Å². The molecule has 518 valence electrons. The first kappa shape index (κ1) is 84.4. The zero-order valence-corrected chi connectivity index (χ0v) is 57.6. The second-order valence-corrected chi connectivity index (χ2v) is 27.0. The molecule has 0 radical (unpaired) electrons. The molecule has 91 heavy (non-hydrogen) atoms. The molecule has 6 fully saturated rings. The van der Waals surface area contributed by atoms with Crippen molar-refractivity contribution < 1.29 is 28.5 Å². The lowest BCUT2D eigenvalue weighted by Crippen LogP contribution is -2.28. The van der Waals surface area contributed by atoms with Crippen LogP contribution >= 0.6 is 0 Å². The van der Waals surface area contributed by atoms with Crippen molar-refractivity contribution in [1.82, 2.24) is 0 Å². The molecule has 0 aliphatic heterocycles. The molecule has 0 spiro atoms. The molecular formula is C85H142O6. The van der Waals surface area contributed by atoms with E-state index < -0.39 is 0 Å². The molecule has 6 unspecified atom stereocenters. The minimum absolute atomic E-state index is 0. The Bertz CT molecular complexity index is 2280. The third-order valence-electron chi connectivity index (χ3n) is 20.5. The van der Waals surface area contributed by atoms with Crippen LogP contribution in [0.25, 0.3) is 11.1 Å². The number of hydrogen-bond donors (Lipinski definition) is 0. The molecule has 0 aromatic heterocycles. The Labute approximate surface area is 563 Å². The smallest absolute Gasteiger partial charge is 0.305 e. The van der Waals surface area contributed by atoms with Crippen molar-refractivity contribution in [2.24, 2.45) is 59.2 Å². The molecule has 6 saturated carbocycles. The van der Waals surface area contributed by atoms with E-state index in [9.17, 15) is 9.59 Å². The Balaban J connectivity index is 0.000000603. The summed E-state index contributed by atoms with van der Waals surface area (Å²) in [4.78, 5) is 22.1. The number of hydrogen-bond acceptors (Lipinski definition) is 6. The van der Waals surface area contributed by atoms with E-state index in [-0.39, 0.29) is 47.1 Å². The van der Waals surface area contributed by atoms with Crippen molar-refractivity contribution >= 4 is 11.9 Å². The normalized spacial score (nSPS) is 23.7. The van der Waals surface area contributed by atoms with E-state index in [1.807, 2.05) is 0 Å². The van der Waals surface area contributed by atoms with Gasteiger partial charge in [0.2, 0.25) is 0 Å². The van der Waals surface area contributed by atoms with Crippen molar-refractivity contribution in [3.8, 4) is 22.6 Å². The first-order valence-electron chi connectivity index (χ1n) is 36.4. The molecule has 11 rings (SSSR count). The summed E-state index contributed by atoms with van der Waals surface area (Å²) in [6, 6.07) is 34.9. The summed E-state index contributed by atoms with van der Waals surface area (Å²) in [6.07, 6.45) is 36.9. The number of rotatable bonds is 18. The molecular weight excluding hydrogens is 1120 g/mol. The van der Waals surface area contributed by atoms with Gasteiger partial charge in [-0.2, -0.15) is 0 Å². The average molecular weight is 1260 g/mol. The summed E-state index contributed by atoms with van der Waals surface area (Å²) in [7, 11) is 0. The van der Waals surface area contributed by atoms with Crippen LogP contribution in [0.4, 0.5) is 0 Å². The van der Waals surface area contributed by atoms with Crippen LogP contribution in [0.3, 0.4) is 0 Å². The lowest BCUT2D eigenvalue weighted by atomic mass is 9.68. The Hall–Kier alpha value is -4.58. The number of carbonyl (C=O) groups is 2. The van der Waals surface area contributed by atoms with Crippen LogP contribution in [0, 0.1) is 59.2 Å². The van der Waals surface area contributed by atoms with Gasteiger partial charge in [0.25, 0.3) is 0 Å². The van der Waals surface area contributed by atoms with Gasteiger partial charge in [-0.15, -0.1) is 0 Å². The third-order valence-corrected chi connectivity index (χ3v) is 20.5. The monoisotopic (exact) mass is 1260 g/mol. The van der Waals surface area contributed by atoms with E-state index in [0.717, 1.165) is 86.9 Å². The zero-order valence-electron chi connectivity index (χ0n) is 57.6. The Kier molecular flexibility index (Phi) is 43.9. The number of esters is 2. The van der Waals surface area contributed by atoms with Gasteiger partial charge in [-0.1, -0.05) is 275 Å². The fraction of sp³-hybridized carbons (Fsp3) is 0.694. The van der Waals surface area contributed by atoms with E-state index in [2.05, 4.69) is 166 Å². The summed E-state index contributed by atoms with van der Waals surface area (Å²) in [5, 5.41) is 0. The van der Waals surface area contributed by atoms with Gasteiger partial charge in [0, 0.05) is 12.8 Å². The first-order valence-corrected chi connectivity index (χ1v) is 36.4. The molecule has 2 bridgehead atoms. The predicted octanol–water partition coefficient (Wildman–Crippen LogP) is 25.8. The zero-order chi connectivity index (χ0) is 62.8. The second kappa shape index (κ2) is 47.3. The molecule has 7 aliphatic carbocycles. The second-order valence-electron chi connectivity index (χ2n) is 27.0. The maximum atomic E-state index is 11.0. The molecule has 6 heteroatoms. The molecule has 4 aromatic carbocycles. The number of ether oxygens (including phenoxy) is 4. The molecule has 4 aromatic rings. The van der Waals surface area contributed by atoms with Crippen LogP contribution in [0.5, 0.6) is 11.5 Å². The Morgan fingerprint density at radius 3 is 1.04 bits per heavy atom. The lowest BCUT2D eigenvalue weighted by molar-refractivity contribution is -0.147. The molecule has 6 atom stereocenters.